The number of carbonyl (C=O) groups excluding carboxylic acids is 1. The number of carbonyl (C=O) groups is 1. The Bertz CT molecular complexity index is 732. The Morgan fingerprint density at radius 1 is 1.11 bits per heavy atom. The van der Waals surface area contributed by atoms with Gasteiger partial charge in [0.15, 0.2) is 0 Å². The molecule has 2 rings (SSSR count). The Morgan fingerprint density at radius 3 is 2.44 bits per heavy atom. The monoisotopic (exact) mass is 373 g/mol. The smallest absolute Gasteiger partial charge is 0.309 e. The van der Waals surface area contributed by atoms with Crippen molar-refractivity contribution in [2.45, 2.75) is 25.5 Å². The van der Waals surface area contributed by atoms with E-state index in [0.717, 1.165) is 5.56 Å². The molecule has 0 aliphatic heterocycles. The van der Waals surface area contributed by atoms with Gasteiger partial charge in [-0.2, -0.15) is 0 Å². The number of methoxy groups -OCH3 is 2. The van der Waals surface area contributed by atoms with Gasteiger partial charge in [0.2, 0.25) is 0 Å². The molecule has 0 aromatic heterocycles. The van der Waals surface area contributed by atoms with Crippen molar-refractivity contribution < 1.29 is 24.1 Å². The summed E-state index contributed by atoms with van der Waals surface area (Å²) in [5.74, 6) is 0.990. The highest BCUT2D eigenvalue weighted by Gasteiger charge is 2.23. The van der Waals surface area contributed by atoms with Crippen LogP contribution in [0.25, 0.3) is 0 Å². The third-order valence-electron chi connectivity index (χ3n) is 4.47. The van der Waals surface area contributed by atoms with Gasteiger partial charge in [0.1, 0.15) is 11.5 Å². The number of esters is 1. The van der Waals surface area contributed by atoms with Crippen LogP contribution < -0.4 is 15.2 Å². The van der Waals surface area contributed by atoms with Crippen LogP contribution in [0.1, 0.15) is 24.2 Å². The van der Waals surface area contributed by atoms with Crippen molar-refractivity contribution in [2.75, 3.05) is 20.8 Å². The Labute approximate surface area is 159 Å². The van der Waals surface area contributed by atoms with Gasteiger partial charge in [0, 0.05) is 12.0 Å². The van der Waals surface area contributed by atoms with Crippen LogP contribution in [0.15, 0.2) is 48.5 Å². The maximum Gasteiger partial charge on any atom is 0.309 e. The SMILES string of the molecule is COC(=O)Cc1ccc(OCC(C)C(N)C(O)c2cccc(OC)c2)cc1. The van der Waals surface area contributed by atoms with Crippen molar-refractivity contribution in [1.29, 1.82) is 0 Å². The molecule has 3 N–H and O–H groups in total. The zero-order chi connectivity index (χ0) is 19.8. The Balaban J connectivity index is 1.90. The molecule has 2 aromatic rings. The Morgan fingerprint density at radius 2 is 1.81 bits per heavy atom. The summed E-state index contributed by atoms with van der Waals surface area (Å²) < 4.78 is 15.6. The topological polar surface area (TPSA) is 91.0 Å². The largest absolute Gasteiger partial charge is 0.497 e. The van der Waals surface area contributed by atoms with Crippen LogP contribution in [0.4, 0.5) is 0 Å². The molecule has 0 spiro atoms. The second-order valence-electron chi connectivity index (χ2n) is 6.48. The van der Waals surface area contributed by atoms with Crippen molar-refractivity contribution in [3.8, 4) is 11.5 Å². The first-order valence-electron chi connectivity index (χ1n) is 8.80. The van der Waals surface area contributed by atoms with Gasteiger partial charge in [-0.1, -0.05) is 31.2 Å². The van der Waals surface area contributed by atoms with Crippen molar-refractivity contribution in [3.05, 3.63) is 59.7 Å². The molecule has 0 amide bonds. The lowest BCUT2D eigenvalue weighted by atomic mass is 9.93. The van der Waals surface area contributed by atoms with E-state index in [1.54, 1.807) is 25.3 Å². The first-order chi connectivity index (χ1) is 12.9. The van der Waals surface area contributed by atoms with Crippen LogP contribution in [0.5, 0.6) is 11.5 Å². The fraction of sp³-hybridized carbons (Fsp3) is 0.381. The predicted molar refractivity (Wildman–Crippen MR) is 103 cm³/mol. The number of ether oxygens (including phenoxy) is 3. The van der Waals surface area contributed by atoms with Crippen molar-refractivity contribution in [3.63, 3.8) is 0 Å². The standard InChI is InChI=1S/C21H27NO5/c1-14(20(22)21(24)16-5-4-6-18(12-16)25-2)13-27-17-9-7-15(8-10-17)11-19(23)26-3/h4-10,12,14,20-21,24H,11,13,22H2,1-3H3. The van der Waals surface area contributed by atoms with Gasteiger partial charge in [-0.25, -0.2) is 0 Å². The third kappa shape index (κ3) is 5.98. The number of benzene rings is 2. The third-order valence-corrected chi connectivity index (χ3v) is 4.47. The molecule has 0 saturated heterocycles. The second-order valence-corrected chi connectivity index (χ2v) is 6.48. The molecule has 3 atom stereocenters. The van der Waals surface area contributed by atoms with E-state index in [-0.39, 0.29) is 18.3 Å². The molecule has 6 nitrogen and oxygen atoms in total. The maximum atomic E-state index is 11.3. The van der Waals surface area contributed by atoms with E-state index >= 15 is 0 Å². The zero-order valence-corrected chi connectivity index (χ0v) is 15.9. The number of aliphatic hydroxyl groups is 1. The number of hydrogen-bond donors (Lipinski definition) is 2. The molecule has 146 valence electrons. The molecule has 2 aromatic carbocycles. The molecule has 0 aliphatic carbocycles. The Hall–Kier alpha value is -2.57. The van der Waals surface area contributed by atoms with E-state index in [1.807, 2.05) is 37.3 Å². The van der Waals surface area contributed by atoms with Gasteiger partial charge in [0.05, 0.1) is 33.4 Å². The number of hydrogen-bond acceptors (Lipinski definition) is 6. The van der Waals surface area contributed by atoms with Crippen LogP contribution in [-0.2, 0) is 16.0 Å². The van der Waals surface area contributed by atoms with E-state index in [4.69, 9.17) is 15.2 Å². The minimum absolute atomic E-state index is 0.0825. The summed E-state index contributed by atoms with van der Waals surface area (Å²) in [6.45, 7) is 2.29. The molecule has 0 heterocycles. The quantitative estimate of drug-likeness (QED) is 0.656. The molecule has 27 heavy (non-hydrogen) atoms. The van der Waals surface area contributed by atoms with E-state index < -0.39 is 12.1 Å². The number of nitrogens with two attached hydrogens (primary N) is 1. The van der Waals surface area contributed by atoms with Crippen LogP contribution in [-0.4, -0.2) is 37.9 Å². The van der Waals surface area contributed by atoms with Gasteiger partial charge < -0.3 is 25.1 Å². The van der Waals surface area contributed by atoms with Crippen LogP contribution >= 0.6 is 0 Å². The zero-order valence-electron chi connectivity index (χ0n) is 15.9. The molecular weight excluding hydrogens is 346 g/mol. The summed E-state index contributed by atoms with van der Waals surface area (Å²) >= 11 is 0. The second kappa shape index (κ2) is 9.94. The van der Waals surface area contributed by atoms with Gasteiger partial charge in [-0.15, -0.1) is 0 Å². The van der Waals surface area contributed by atoms with E-state index in [2.05, 4.69) is 4.74 Å². The maximum absolute atomic E-state index is 11.3. The van der Waals surface area contributed by atoms with E-state index in [0.29, 0.717) is 23.7 Å². The van der Waals surface area contributed by atoms with Crippen molar-refractivity contribution >= 4 is 5.97 Å². The highest BCUT2D eigenvalue weighted by atomic mass is 16.5. The van der Waals surface area contributed by atoms with Gasteiger partial charge in [0.25, 0.3) is 0 Å². The lowest BCUT2D eigenvalue weighted by Gasteiger charge is -2.25. The molecule has 3 unspecified atom stereocenters. The molecule has 0 saturated carbocycles. The average molecular weight is 373 g/mol. The van der Waals surface area contributed by atoms with E-state index in [1.165, 1.54) is 7.11 Å². The lowest BCUT2D eigenvalue weighted by molar-refractivity contribution is -0.139. The van der Waals surface area contributed by atoms with Gasteiger partial charge >= 0.3 is 5.97 Å². The summed E-state index contributed by atoms with van der Waals surface area (Å²) in [6, 6.07) is 14.0. The fourth-order valence-corrected chi connectivity index (χ4v) is 2.64. The minimum atomic E-state index is -0.818. The highest BCUT2D eigenvalue weighted by molar-refractivity contribution is 5.72. The van der Waals surface area contributed by atoms with E-state index in [9.17, 15) is 9.90 Å². The molecule has 0 fully saturated rings. The fourth-order valence-electron chi connectivity index (χ4n) is 2.64. The molecule has 0 aliphatic rings. The van der Waals surface area contributed by atoms with Crippen LogP contribution in [0.2, 0.25) is 0 Å². The highest BCUT2D eigenvalue weighted by Crippen LogP contribution is 2.24. The predicted octanol–water partition coefficient (Wildman–Crippen LogP) is 2.49. The van der Waals surface area contributed by atoms with Crippen molar-refractivity contribution in [1.82, 2.24) is 0 Å². The summed E-state index contributed by atoms with van der Waals surface area (Å²) in [4.78, 5) is 11.3. The first-order valence-corrected chi connectivity index (χ1v) is 8.80. The molecule has 0 bridgehead atoms. The average Bonchev–Trinajstić information content (AvgIpc) is 2.71. The molecule has 6 heteroatoms. The van der Waals surface area contributed by atoms with Gasteiger partial charge in [-0.05, 0) is 35.4 Å². The normalized spacial score (nSPS) is 14.1. The minimum Gasteiger partial charge on any atom is -0.497 e. The number of aliphatic hydroxyl groups excluding tert-OH is 1. The summed E-state index contributed by atoms with van der Waals surface area (Å²) in [6.07, 6.45) is -0.591. The summed E-state index contributed by atoms with van der Waals surface area (Å²) in [5.41, 5.74) is 7.78. The van der Waals surface area contributed by atoms with Crippen LogP contribution in [0.3, 0.4) is 0 Å². The summed E-state index contributed by atoms with van der Waals surface area (Å²) in [5, 5.41) is 10.5. The number of rotatable bonds is 9. The first kappa shape index (κ1) is 20.7. The van der Waals surface area contributed by atoms with Crippen molar-refractivity contribution in [2.24, 2.45) is 11.7 Å². The van der Waals surface area contributed by atoms with Crippen LogP contribution in [0, 0.1) is 5.92 Å². The van der Waals surface area contributed by atoms with Gasteiger partial charge in [-0.3, -0.25) is 4.79 Å². The molecule has 0 radical (unpaired) electrons. The summed E-state index contributed by atoms with van der Waals surface area (Å²) in [7, 11) is 2.95. The Kier molecular flexibility index (Phi) is 7.64. The molecular formula is C21H27NO5. The lowest BCUT2D eigenvalue weighted by Crippen LogP contribution is -2.37.